The summed E-state index contributed by atoms with van der Waals surface area (Å²) < 4.78 is 29.4. The highest BCUT2D eigenvalue weighted by molar-refractivity contribution is 7.10. The zero-order valence-corrected chi connectivity index (χ0v) is 9.02. The summed E-state index contributed by atoms with van der Waals surface area (Å²) in [6.07, 6.45) is 0. The van der Waals surface area contributed by atoms with E-state index in [2.05, 4.69) is 9.69 Å². The minimum absolute atomic E-state index is 0.402. The topological polar surface area (TPSA) is 50.9 Å². The van der Waals surface area contributed by atoms with Crippen molar-refractivity contribution in [2.75, 3.05) is 11.1 Å². The second kappa shape index (κ2) is 4.44. The van der Waals surface area contributed by atoms with E-state index < -0.39 is 11.6 Å². The zero-order chi connectivity index (χ0) is 11.5. The lowest BCUT2D eigenvalue weighted by molar-refractivity contribution is 0.507. The molecule has 84 valence electrons. The van der Waals surface area contributed by atoms with Gasteiger partial charge in [0.2, 0.25) is 0 Å². The molecular formula is C10H9F2N3S. The van der Waals surface area contributed by atoms with Crippen molar-refractivity contribution in [1.29, 1.82) is 0 Å². The number of benzene rings is 1. The smallest absolute Gasteiger partial charge is 0.159 e. The van der Waals surface area contributed by atoms with Gasteiger partial charge in [-0.2, -0.15) is 4.37 Å². The molecule has 0 saturated carbocycles. The zero-order valence-electron chi connectivity index (χ0n) is 8.21. The van der Waals surface area contributed by atoms with Crippen molar-refractivity contribution in [3.8, 4) is 0 Å². The van der Waals surface area contributed by atoms with Crippen LogP contribution in [0.15, 0.2) is 24.3 Å². The summed E-state index contributed by atoms with van der Waals surface area (Å²) in [5, 5.41) is 3.81. The molecule has 3 N–H and O–H groups in total. The summed E-state index contributed by atoms with van der Waals surface area (Å²) in [5.74, 6) is -1.24. The van der Waals surface area contributed by atoms with Gasteiger partial charge in [-0.1, -0.05) is 6.07 Å². The second-order valence-corrected chi connectivity index (χ2v) is 4.02. The van der Waals surface area contributed by atoms with E-state index in [0.29, 0.717) is 17.9 Å². The number of hydrogen-bond acceptors (Lipinski definition) is 4. The highest BCUT2D eigenvalue weighted by Gasteiger charge is 2.03. The lowest BCUT2D eigenvalue weighted by Crippen LogP contribution is -1.98. The molecule has 0 aliphatic carbocycles. The van der Waals surface area contributed by atoms with Crippen molar-refractivity contribution in [3.05, 3.63) is 41.5 Å². The monoisotopic (exact) mass is 241 g/mol. The molecule has 2 aromatic rings. The second-order valence-electron chi connectivity index (χ2n) is 3.22. The summed E-state index contributed by atoms with van der Waals surface area (Å²) in [6.45, 7) is 0.402. The maximum atomic E-state index is 12.9. The number of hydrogen-bond donors (Lipinski definition) is 2. The summed E-state index contributed by atoms with van der Waals surface area (Å²) in [4.78, 5) is 0. The number of nitrogens with two attached hydrogens (primary N) is 1. The molecule has 1 aromatic carbocycles. The van der Waals surface area contributed by atoms with E-state index >= 15 is 0 Å². The molecule has 2 rings (SSSR count). The predicted molar refractivity (Wildman–Crippen MR) is 60.2 cm³/mol. The van der Waals surface area contributed by atoms with E-state index in [1.807, 2.05) is 0 Å². The molecular weight excluding hydrogens is 232 g/mol. The fourth-order valence-corrected chi connectivity index (χ4v) is 1.78. The molecule has 16 heavy (non-hydrogen) atoms. The maximum absolute atomic E-state index is 12.9. The number of rotatable bonds is 3. The van der Waals surface area contributed by atoms with E-state index in [9.17, 15) is 8.78 Å². The van der Waals surface area contributed by atoms with Crippen molar-refractivity contribution >= 4 is 22.4 Å². The largest absolute Gasteiger partial charge is 0.383 e. The predicted octanol–water partition coefficient (Wildman–Crippen LogP) is 2.62. The van der Waals surface area contributed by atoms with Gasteiger partial charge >= 0.3 is 0 Å². The molecule has 1 aromatic heterocycles. The first-order chi connectivity index (χ1) is 7.65. The molecule has 0 aliphatic heterocycles. The first-order valence-corrected chi connectivity index (χ1v) is 5.32. The molecule has 0 bridgehead atoms. The van der Waals surface area contributed by atoms with Gasteiger partial charge in [-0.25, -0.2) is 8.78 Å². The van der Waals surface area contributed by atoms with E-state index in [0.717, 1.165) is 17.1 Å². The summed E-state index contributed by atoms with van der Waals surface area (Å²) in [6, 6.07) is 5.47. The van der Waals surface area contributed by atoms with Crippen LogP contribution in [-0.2, 0) is 6.54 Å². The van der Waals surface area contributed by atoms with Crippen LogP contribution in [0.2, 0.25) is 0 Å². The fraction of sp³-hybridized carbons (Fsp3) is 0.100. The van der Waals surface area contributed by atoms with Gasteiger partial charge in [-0.05, 0) is 29.2 Å². The Morgan fingerprint density at radius 3 is 2.69 bits per heavy atom. The van der Waals surface area contributed by atoms with Crippen LogP contribution in [0.3, 0.4) is 0 Å². The van der Waals surface area contributed by atoms with Gasteiger partial charge < -0.3 is 11.1 Å². The third-order valence-corrected chi connectivity index (χ3v) is 2.74. The Morgan fingerprint density at radius 1 is 1.25 bits per heavy atom. The van der Waals surface area contributed by atoms with Crippen LogP contribution in [0.25, 0.3) is 0 Å². The van der Waals surface area contributed by atoms with Crippen molar-refractivity contribution in [2.45, 2.75) is 6.54 Å². The van der Waals surface area contributed by atoms with E-state index in [1.165, 1.54) is 17.6 Å². The third-order valence-electron chi connectivity index (χ3n) is 1.98. The summed E-state index contributed by atoms with van der Waals surface area (Å²) in [7, 11) is 0. The van der Waals surface area contributed by atoms with Gasteiger partial charge in [-0.3, -0.25) is 0 Å². The van der Waals surface area contributed by atoms with Gasteiger partial charge in [0, 0.05) is 12.6 Å². The van der Waals surface area contributed by atoms with Crippen LogP contribution in [0.5, 0.6) is 0 Å². The highest BCUT2D eigenvalue weighted by Crippen LogP contribution is 2.18. The lowest BCUT2D eigenvalue weighted by Gasteiger charge is -2.03. The highest BCUT2D eigenvalue weighted by atomic mass is 32.1. The van der Waals surface area contributed by atoms with Crippen molar-refractivity contribution in [1.82, 2.24) is 4.37 Å². The Hall–Kier alpha value is -1.69. The van der Waals surface area contributed by atoms with Crippen LogP contribution >= 0.6 is 11.5 Å². The minimum atomic E-state index is -0.844. The van der Waals surface area contributed by atoms with Gasteiger partial charge in [0.15, 0.2) is 11.6 Å². The number of nitrogens with one attached hydrogen (secondary N) is 1. The summed E-state index contributed by atoms with van der Waals surface area (Å²) >= 11 is 1.22. The molecule has 0 saturated heterocycles. The molecule has 0 unspecified atom stereocenters. The Kier molecular flexibility index (Phi) is 3.00. The van der Waals surface area contributed by atoms with Gasteiger partial charge in [0.1, 0.15) is 10.8 Å². The molecule has 0 fully saturated rings. The van der Waals surface area contributed by atoms with Crippen LogP contribution in [0, 0.1) is 11.6 Å². The number of anilines is 2. The maximum Gasteiger partial charge on any atom is 0.159 e. The molecule has 0 aliphatic rings. The van der Waals surface area contributed by atoms with Crippen molar-refractivity contribution in [3.63, 3.8) is 0 Å². The fourth-order valence-electron chi connectivity index (χ4n) is 1.21. The molecule has 0 amide bonds. The molecule has 0 spiro atoms. The van der Waals surface area contributed by atoms with Crippen molar-refractivity contribution in [2.24, 2.45) is 0 Å². The molecule has 3 nitrogen and oxygen atoms in total. The molecule has 0 atom stereocenters. The van der Waals surface area contributed by atoms with Crippen LogP contribution in [-0.4, -0.2) is 4.37 Å². The van der Waals surface area contributed by atoms with Gasteiger partial charge in [-0.15, -0.1) is 0 Å². The van der Waals surface area contributed by atoms with Crippen LogP contribution in [0.4, 0.5) is 19.6 Å². The lowest BCUT2D eigenvalue weighted by atomic mass is 10.2. The number of aromatic nitrogens is 1. The van der Waals surface area contributed by atoms with Crippen LogP contribution < -0.4 is 11.1 Å². The average Bonchev–Trinajstić information content (AvgIpc) is 2.66. The number of nitrogen functional groups attached to an aromatic ring is 1. The Labute approximate surface area is 95.1 Å². The standard InChI is InChI=1S/C10H9F2N3S/c11-7-2-1-6(3-8(7)12)5-14-10-4-9(13)15-16-10/h1-4,14H,5H2,(H2,13,15). The van der Waals surface area contributed by atoms with Crippen LogP contribution in [0.1, 0.15) is 5.56 Å². The first kappa shape index (κ1) is 10.8. The minimum Gasteiger partial charge on any atom is -0.383 e. The number of nitrogens with zero attached hydrogens (tertiary/aromatic N) is 1. The van der Waals surface area contributed by atoms with Gasteiger partial charge in [0.25, 0.3) is 0 Å². The Bertz CT molecular complexity index is 499. The number of halogens is 2. The first-order valence-electron chi connectivity index (χ1n) is 4.55. The van der Waals surface area contributed by atoms with E-state index in [1.54, 1.807) is 6.07 Å². The normalized spacial score (nSPS) is 10.4. The Morgan fingerprint density at radius 2 is 2.06 bits per heavy atom. The van der Waals surface area contributed by atoms with E-state index in [4.69, 9.17) is 5.73 Å². The van der Waals surface area contributed by atoms with Crippen molar-refractivity contribution < 1.29 is 8.78 Å². The van der Waals surface area contributed by atoms with E-state index in [-0.39, 0.29) is 0 Å². The molecule has 6 heteroatoms. The van der Waals surface area contributed by atoms with Gasteiger partial charge in [0.05, 0.1) is 0 Å². The summed E-state index contributed by atoms with van der Waals surface area (Å²) in [5.41, 5.74) is 6.10. The quantitative estimate of drug-likeness (QED) is 0.868. The third kappa shape index (κ3) is 2.46. The Balaban J connectivity index is 2.02. The average molecular weight is 241 g/mol. The SMILES string of the molecule is Nc1cc(NCc2ccc(F)c(F)c2)sn1. The molecule has 1 heterocycles. The molecule has 0 radical (unpaired) electrons.